The van der Waals surface area contributed by atoms with E-state index in [-0.39, 0.29) is 0 Å². The van der Waals surface area contributed by atoms with Crippen LogP contribution in [0.4, 0.5) is 5.69 Å². The third kappa shape index (κ3) is 3.69. The first-order chi connectivity index (χ1) is 14.8. The molecule has 0 saturated carbocycles. The zero-order valence-corrected chi connectivity index (χ0v) is 18.1. The molecule has 152 valence electrons. The molecule has 4 heteroatoms. The van der Waals surface area contributed by atoms with Gasteiger partial charge in [-0.25, -0.2) is 0 Å². The van der Waals surface area contributed by atoms with Gasteiger partial charge in [0.15, 0.2) is 0 Å². The molecule has 2 heterocycles. The normalized spacial score (nSPS) is 14.9. The lowest BCUT2D eigenvalue weighted by Crippen LogP contribution is -2.46. The summed E-state index contributed by atoms with van der Waals surface area (Å²) in [5.41, 5.74) is 4.02. The van der Waals surface area contributed by atoms with Crippen molar-refractivity contribution >= 4 is 27.8 Å². The van der Waals surface area contributed by atoms with Crippen LogP contribution in [-0.4, -0.2) is 38.2 Å². The number of ether oxygens (including phenoxy) is 1. The number of methoxy groups -OCH3 is 1. The van der Waals surface area contributed by atoms with E-state index in [2.05, 4.69) is 88.0 Å². The van der Waals surface area contributed by atoms with Crippen LogP contribution in [0.25, 0.3) is 21.2 Å². The standard InChI is InChI=1S/C26H26N2OS/c1-29-25-13-18-30-26(25)23-11-5-3-8-21(23)19-27-14-16-28(17-15-27)24-12-6-9-20-7-2-4-10-22(20)24/h2-13,18H,14-17,19H2,1H3. The third-order valence-corrected chi connectivity index (χ3v) is 6.91. The highest BCUT2D eigenvalue weighted by Gasteiger charge is 2.20. The van der Waals surface area contributed by atoms with E-state index >= 15 is 0 Å². The van der Waals surface area contributed by atoms with Crippen LogP contribution in [0.5, 0.6) is 5.75 Å². The Balaban J connectivity index is 1.32. The second-order valence-corrected chi connectivity index (χ2v) is 8.65. The lowest BCUT2D eigenvalue weighted by atomic mass is 10.0. The Hall–Kier alpha value is -2.82. The fourth-order valence-electron chi connectivity index (χ4n) is 4.41. The van der Waals surface area contributed by atoms with Crippen LogP contribution in [0.2, 0.25) is 0 Å². The molecule has 1 fully saturated rings. The van der Waals surface area contributed by atoms with Crippen LogP contribution >= 0.6 is 11.3 Å². The smallest absolute Gasteiger partial charge is 0.137 e. The number of anilines is 1. The Labute approximate surface area is 182 Å². The Morgan fingerprint density at radius 2 is 1.60 bits per heavy atom. The third-order valence-electron chi connectivity index (χ3n) is 5.98. The van der Waals surface area contributed by atoms with Crippen molar-refractivity contribution in [1.82, 2.24) is 4.90 Å². The van der Waals surface area contributed by atoms with Gasteiger partial charge in [-0.2, -0.15) is 0 Å². The van der Waals surface area contributed by atoms with Crippen molar-refractivity contribution in [3.05, 3.63) is 83.7 Å². The number of hydrogen-bond donors (Lipinski definition) is 0. The number of hydrogen-bond acceptors (Lipinski definition) is 4. The molecule has 0 radical (unpaired) electrons. The molecule has 0 amide bonds. The molecule has 0 spiro atoms. The fourth-order valence-corrected chi connectivity index (χ4v) is 5.33. The lowest BCUT2D eigenvalue weighted by molar-refractivity contribution is 0.250. The van der Waals surface area contributed by atoms with Crippen molar-refractivity contribution in [2.24, 2.45) is 0 Å². The highest BCUT2D eigenvalue weighted by atomic mass is 32.1. The van der Waals surface area contributed by atoms with E-state index in [9.17, 15) is 0 Å². The van der Waals surface area contributed by atoms with Gasteiger partial charge in [0.05, 0.1) is 12.0 Å². The van der Waals surface area contributed by atoms with E-state index in [1.54, 1.807) is 18.4 Å². The van der Waals surface area contributed by atoms with Gasteiger partial charge in [-0.1, -0.05) is 60.7 Å². The second kappa shape index (κ2) is 8.50. The average molecular weight is 415 g/mol. The Morgan fingerprint density at radius 1 is 0.833 bits per heavy atom. The van der Waals surface area contributed by atoms with Gasteiger partial charge in [-0.05, 0) is 34.0 Å². The number of piperazine rings is 1. The van der Waals surface area contributed by atoms with Crippen LogP contribution in [0, 0.1) is 0 Å². The maximum absolute atomic E-state index is 5.57. The lowest BCUT2D eigenvalue weighted by Gasteiger charge is -2.37. The van der Waals surface area contributed by atoms with Crippen LogP contribution < -0.4 is 9.64 Å². The number of thiophene rings is 1. The SMILES string of the molecule is COc1ccsc1-c1ccccc1CN1CCN(c2cccc3ccccc23)CC1. The summed E-state index contributed by atoms with van der Waals surface area (Å²) >= 11 is 1.75. The molecule has 1 aromatic heterocycles. The maximum Gasteiger partial charge on any atom is 0.137 e. The first-order valence-electron chi connectivity index (χ1n) is 10.5. The molecule has 1 saturated heterocycles. The molecular weight excluding hydrogens is 388 g/mol. The van der Waals surface area contributed by atoms with Gasteiger partial charge in [0.1, 0.15) is 5.75 Å². The van der Waals surface area contributed by atoms with Gasteiger partial charge in [0.2, 0.25) is 0 Å². The molecule has 0 aliphatic carbocycles. The molecule has 0 bridgehead atoms. The summed E-state index contributed by atoms with van der Waals surface area (Å²) in [6.07, 6.45) is 0. The predicted octanol–water partition coefficient (Wildman–Crippen LogP) is 5.90. The summed E-state index contributed by atoms with van der Waals surface area (Å²) in [6, 6.07) is 26.1. The number of rotatable bonds is 5. The van der Waals surface area contributed by atoms with Crippen LogP contribution in [0.15, 0.2) is 78.2 Å². The predicted molar refractivity (Wildman–Crippen MR) is 128 cm³/mol. The average Bonchev–Trinajstić information content (AvgIpc) is 3.28. The van der Waals surface area contributed by atoms with E-state index < -0.39 is 0 Å². The van der Waals surface area contributed by atoms with Crippen molar-refractivity contribution in [3.8, 4) is 16.2 Å². The van der Waals surface area contributed by atoms with E-state index in [0.717, 1.165) is 38.5 Å². The van der Waals surface area contributed by atoms with E-state index in [1.807, 2.05) is 0 Å². The molecule has 0 unspecified atom stereocenters. The summed E-state index contributed by atoms with van der Waals surface area (Å²) in [5, 5.41) is 4.77. The topological polar surface area (TPSA) is 15.7 Å². The van der Waals surface area contributed by atoms with Gasteiger partial charge in [0, 0.05) is 43.8 Å². The van der Waals surface area contributed by atoms with Gasteiger partial charge in [-0.15, -0.1) is 11.3 Å². The largest absolute Gasteiger partial charge is 0.495 e. The van der Waals surface area contributed by atoms with Crippen molar-refractivity contribution in [2.45, 2.75) is 6.54 Å². The van der Waals surface area contributed by atoms with Crippen molar-refractivity contribution in [2.75, 3.05) is 38.2 Å². The summed E-state index contributed by atoms with van der Waals surface area (Å²) in [6.45, 7) is 5.22. The zero-order valence-electron chi connectivity index (χ0n) is 17.3. The molecular formula is C26H26N2OS. The number of fused-ring (bicyclic) bond motifs is 1. The van der Waals surface area contributed by atoms with Crippen molar-refractivity contribution in [3.63, 3.8) is 0 Å². The molecule has 30 heavy (non-hydrogen) atoms. The first kappa shape index (κ1) is 19.2. The Bertz CT molecular complexity index is 1140. The molecule has 0 N–H and O–H groups in total. The van der Waals surface area contributed by atoms with Gasteiger partial charge in [-0.3, -0.25) is 4.90 Å². The Kier molecular flexibility index (Phi) is 5.43. The summed E-state index contributed by atoms with van der Waals surface area (Å²) in [5.74, 6) is 0.966. The molecule has 4 aromatic rings. The highest BCUT2D eigenvalue weighted by molar-refractivity contribution is 7.14. The molecule has 5 rings (SSSR count). The second-order valence-electron chi connectivity index (χ2n) is 7.74. The minimum Gasteiger partial charge on any atom is -0.495 e. The van der Waals surface area contributed by atoms with Gasteiger partial charge in [0.25, 0.3) is 0 Å². The van der Waals surface area contributed by atoms with Crippen molar-refractivity contribution < 1.29 is 4.74 Å². The van der Waals surface area contributed by atoms with Gasteiger partial charge < -0.3 is 9.64 Å². The zero-order chi connectivity index (χ0) is 20.3. The molecule has 1 aliphatic rings. The monoisotopic (exact) mass is 414 g/mol. The minimum atomic E-state index is 0.966. The highest BCUT2D eigenvalue weighted by Crippen LogP contribution is 2.37. The summed E-state index contributed by atoms with van der Waals surface area (Å²) in [4.78, 5) is 6.33. The van der Waals surface area contributed by atoms with Gasteiger partial charge >= 0.3 is 0 Å². The first-order valence-corrected chi connectivity index (χ1v) is 11.4. The quantitative estimate of drug-likeness (QED) is 0.404. The minimum absolute atomic E-state index is 0.966. The fraction of sp³-hybridized carbons (Fsp3) is 0.231. The van der Waals surface area contributed by atoms with Crippen LogP contribution in [-0.2, 0) is 6.54 Å². The van der Waals surface area contributed by atoms with E-state index in [1.165, 1.54) is 32.5 Å². The maximum atomic E-state index is 5.57. The van der Waals surface area contributed by atoms with E-state index in [0.29, 0.717) is 0 Å². The molecule has 1 aliphatic heterocycles. The molecule has 0 atom stereocenters. The number of benzene rings is 3. The van der Waals surface area contributed by atoms with E-state index in [4.69, 9.17) is 4.74 Å². The van der Waals surface area contributed by atoms with Crippen molar-refractivity contribution in [1.29, 1.82) is 0 Å². The summed E-state index contributed by atoms with van der Waals surface area (Å²) < 4.78 is 5.57. The molecule has 3 nitrogen and oxygen atoms in total. The number of nitrogens with zero attached hydrogens (tertiary/aromatic N) is 2. The summed E-state index contributed by atoms with van der Waals surface area (Å²) in [7, 11) is 1.75. The molecule has 3 aromatic carbocycles. The Morgan fingerprint density at radius 3 is 2.47 bits per heavy atom. The van der Waals surface area contributed by atoms with Crippen LogP contribution in [0.3, 0.4) is 0 Å². The van der Waals surface area contributed by atoms with Crippen LogP contribution in [0.1, 0.15) is 5.56 Å².